The van der Waals surface area contributed by atoms with Crippen molar-refractivity contribution in [3.05, 3.63) is 34.1 Å². The monoisotopic (exact) mass is 316 g/mol. The van der Waals surface area contributed by atoms with Gasteiger partial charge in [0.25, 0.3) is 10.0 Å². The zero-order chi connectivity index (χ0) is 14.9. The molecule has 0 amide bonds. The maximum absolute atomic E-state index is 12.0. The van der Waals surface area contributed by atoms with Crippen LogP contribution in [0.25, 0.3) is 0 Å². The molecule has 0 unspecified atom stereocenters. The molecule has 1 aromatic heterocycles. The maximum Gasteiger partial charge on any atom is 0.312 e. The summed E-state index contributed by atoms with van der Waals surface area (Å²) >= 11 is 0.850. The lowest BCUT2D eigenvalue weighted by atomic mass is 10.3. The molecule has 0 radical (unpaired) electrons. The van der Waals surface area contributed by atoms with Crippen molar-refractivity contribution in [2.45, 2.75) is 11.8 Å². The van der Waals surface area contributed by atoms with Gasteiger partial charge < -0.3 is 5.11 Å². The van der Waals surface area contributed by atoms with E-state index in [1.807, 2.05) is 0 Å². The minimum Gasteiger partial charge on any atom is -0.502 e. The number of aromatic hydroxyl groups is 1. The fraction of sp³-hybridized carbons (Fsp3) is 0.111. The van der Waals surface area contributed by atoms with Crippen molar-refractivity contribution in [1.82, 2.24) is 9.36 Å². The Morgan fingerprint density at radius 3 is 2.70 bits per heavy atom. The number of hydrogen-bond donors (Lipinski definition) is 2. The molecular weight excluding hydrogens is 308 g/mol. The molecular formula is C9H8N4O5S2. The van der Waals surface area contributed by atoms with Gasteiger partial charge in [0, 0.05) is 17.6 Å². The van der Waals surface area contributed by atoms with Gasteiger partial charge in [0.2, 0.25) is 5.13 Å². The highest BCUT2D eigenvalue weighted by Crippen LogP contribution is 2.29. The molecule has 0 fully saturated rings. The zero-order valence-corrected chi connectivity index (χ0v) is 11.6. The summed E-state index contributed by atoms with van der Waals surface area (Å²) in [5, 5.41) is 20.0. The van der Waals surface area contributed by atoms with E-state index in [2.05, 4.69) is 14.1 Å². The lowest BCUT2D eigenvalue weighted by Gasteiger charge is -2.05. The van der Waals surface area contributed by atoms with Crippen LogP contribution in [-0.2, 0) is 10.0 Å². The number of sulfonamides is 1. The summed E-state index contributed by atoms with van der Waals surface area (Å²) in [6, 6.07) is 2.77. The third kappa shape index (κ3) is 2.83. The van der Waals surface area contributed by atoms with Crippen molar-refractivity contribution in [1.29, 1.82) is 0 Å². The van der Waals surface area contributed by atoms with Crippen molar-refractivity contribution >= 4 is 32.4 Å². The van der Waals surface area contributed by atoms with E-state index >= 15 is 0 Å². The van der Waals surface area contributed by atoms with Crippen molar-refractivity contribution in [3.8, 4) is 5.75 Å². The molecule has 0 spiro atoms. The third-order valence-corrected chi connectivity index (χ3v) is 4.39. The first-order chi connectivity index (χ1) is 9.29. The molecule has 0 saturated heterocycles. The largest absolute Gasteiger partial charge is 0.502 e. The molecule has 0 aliphatic rings. The van der Waals surface area contributed by atoms with Crippen LogP contribution in [0.4, 0.5) is 10.8 Å². The Hall–Kier alpha value is -2.27. The predicted octanol–water partition coefficient (Wildman–Crippen LogP) is 1.26. The van der Waals surface area contributed by atoms with Gasteiger partial charge in [0.1, 0.15) is 5.82 Å². The summed E-state index contributed by atoms with van der Waals surface area (Å²) in [6.07, 6.45) is 0. The molecule has 1 aromatic carbocycles. The van der Waals surface area contributed by atoms with Crippen LogP contribution >= 0.6 is 11.5 Å². The van der Waals surface area contributed by atoms with Crippen LogP contribution in [0.2, 0.25) is 0 Å². The number of rotatable bonds is 4. The second kappa shape index (κ2) is 5.02. The molecule has 20 heavy (non-hydrogen) atoms. The summed E-state index contributed by atoms with van der Waals surface area (Å²) in [4.78, 5) is 13.3. The van der Waals surface area contributed by atoms with E-state index in [1.54, 1.807) is 6.92 Å². The van der Waals surface area contributed by atoms with Gasteiger partial charge in [-0.05, 0) is 19.1 Å². The van der Waals surface area contributed by atoms with Crippen LogP contribution in [0, 0.1) is 17.0 Å². The summed E-state index contributed by atoms with van der Waals surface area (Å²) in [5.74, 6) is -0.204. The van der Waals surface area contributed by atoms with E-state index in [0.29, 0.717) is 5.82 Å². The number of nitrogens with zero attached hydrogens (tertiary/aromatic N) is 3. The van der Waals surface area contributed by atoms with Gasteiger partial charge in [0.15, 0.2) is 5.75 Å². The molecule has 0 saturated carbocycles. The summed E-state index contributed by atoms with van der Waals surface area (Å²) in [7, 11) is -4.03. The maximum atomic E-state index is 12.0. The first-order valence-electron chi connectivity index (χ1n) is 5.10. The number of benzene rings is 1. The van der Waals surface area contributed by atoms with Crippen LogP contribution < -0.4 is 4.72 Å². The Morgan fingerprint density at radius 1 is 1.45 bits per heavy atom. The Labute approximate surface area is 117 Å². The Morgan fingerprint density at radius 2 is 2.15 bits per heavy atom. The van der Waals surface area contributed by atoms with E-state index in [4.69, 9.17) is 0 Å². The molecule has 2 rings (SSSR count). The van der Waals surface area contributed by atoms with E-state index in [0.717, 1.165) is 29.7 Å². The molecule has 0 aliphatic carbocycles. The number of anilines is 1. The quantitative estimate of drug-likeness (QED) is 0.640. The number of aromatic nitrogens is 2. The fourth-order valence-electron chi connectivity index (χ4n) is 1.33. The number of hydrogen-bond acceptors (Lipinski definition) is 8. The van der Waals surface area contributed by atoms with E-state index in [-0.39, 0.29) is 10.0 Å². The van der Waals surface area contributed by atoms with Gasteiger partial charge in [-0.2, -0.15) is 4.37 Å². The summed E-state index contributed by atoms with van der Waals surface area (Å²) in [5.41, 5.74) is -0.693. The normalized spacial score (nSPS) is 11.2. The Kier molecular flexibility index (Phi) is 3.55. The first kappa shape index (κ1) is 14.1. The van der Waals surface area contributed by atoms with E-state index in [1.165, 1.54) is 0 Å². The molecule has 0 atom stereocenters. The topological polar surface area (TPSA) is 135 Å². The van der Waals surface area contributed by atoms with Gasteiger partial charge >= 0.3 is 5.69 Å². The number of phenolic OH excluding ortho intramolecular Hbond substituents is 1. The van der Waals surface area contributed by atoms with Crippen LogP contribution in [0.15, 0.2) is 23.1 Å². The molecule has 2 N–H and O–H groups in total. The Balaban J connectivity index is 2.39. The smallest absolute Gasteiger partial charge is 0.312 e. The summed E-state index contributed by atoms with van der Waals surface area (Å²) < 4.78 is 30.0. The van der Waals surface area contributed by atoms with Gasteiger partial charge in [-0.25, -0.2) is 13.4 Å². The number of aryl methyl sites for hydroxylation is 1. The minimum atomic E-state index is -4.03. The summed E-state index contributed by atoms with van der Waals surface area (Å²) in [6.45, 7) is 1.60. The van der Waals surface area contributed by atoms with Crippen LogP contribution in [0.5, 0.6) is 5.75 Å². The van der Waals surface area contributed by atoms with Crippen LogP contribution in [0.1, 0.15) is 5.82 Å². The number of nitro benzene ring substituents is 1. The lowest BCUT2D eigenvalue weighted by molar-refractivity contribution is -0.386. The highest BCUT2D eigenvalue weighted by molar-refractivity contribution is 7.93. The van der Waals surface area contributed by atoms with E-state index in [9.17, 15) is 23.6 Å². The van der Waals surface area contributed by atoms with Crippen molar-refractivity contribution in [2.75, 3.05) is 4.72 Å². The number of nitrogens with one attached hydrogen (secondary N) is 1. The molecule has 0 bridgehead atoms. The molecule has 2 aromatic rings. The van der Waals surface area contributed by atoms with Crippen LogP contribution in [0.3, 0.4) is 0 Å². The molecule has 106 valence electrons. The number of nitro groups is 1. The SMILES string of the molecule is Cc1nsc(NS(=O)(=O)c2ccc(O)c([N+](=O)[O-])c2)n1. The third-order valence-electron chi connectivity index (χ3n) is 2.20. The molecule has 0 aliphatic heterocycles. The minimum absolute atomic E-state index is 0.0539. The average molecular weight is 316 g/mol. The standard InChI is InChI=1S/C9H8N4O5S2/c1-5-10-9(19-11-5)12-20(17,18)6-2-3-8(14)7(4-6)13(15)16/h2-4,14H,1H3,(H,10,11,12). The second-order valence-corrected chi connectivity index (χ2v) is 6.09. The second-order valence-electron chi connectivity index (χ2n) is 3.66. The van der Waals surface area contributed by atoms with Gasteiger partial charge in [-0.15, -0.1) is 0 Å². The van der Waals surface area contributed by atoms with Gasteiger partial charge in [-0.1, -0.05) is 0 Å². The van der Waals surface area contributed by atoms with Crippen molar-refractivity contribution in [2.24, 2.45) is 0 Å². The van der Waals surface area contributed by atoms with Crippen molar-refractivity contribution < 1.29 is 18.4 Å². The number of phenols is 1. The lowest BCUT2D eigenvalue weighted by Crippen LogP contribution is -2.13. The fourth-order valence-corrected chi connectivity index (χ4v) is 3.15. The average Bonchev–Trinajstić information content (AvgIpc) is 2.73. The molecule has 11 heteroatoms. The highest BCUT2D eigenvalue weighted by atomic mass is 32.2. The zero-order valence-electron chi connectivity index (χ0n) is 9.97. The van der Waals surface area contributed by atoms with E-state index < -0.39 is 26.4 Å². The molecule has 1 heterocycles. The molecule has 9 nitrogen and oxygen atoms in total. The predicted molar refractivity (Wildman–Crippen MR) is 70.2 cm³/mol. The Bertz CT molecular complexity index is 770. The van der Waals surface area contributed by atoms with Crippen LogP contribution in [-0.4, -0.2) is 27.8 Å². The van der Waals surface area contributed by atoms with Crippen molar-refractivity contribution in [3.63, 3.8) is 0 Å². The highest BCUT2D eigenvalue weighted by Gasteiger charge is 2.22. The van der Waals surface area contributed by atoms with Gasteiger partial charge in [0.05, 0.1) is 9.82 Å². The first-order valence-corrected chi connectivity index (χ1v) is 7.36. The van der Waals surface area contributed by atoms with Gasteiger partial charge in [-0.3, -0.25) is 14.8 Å².